The molecule has 0 aliphatic heterocycles. The molecule has 0 aromatic heterocycles. The molecule has 0 bridgehead atoms. The molecule has 0 aliphatic carbocycles. The van der Waals surface area contributed by atoms with E-state index in [1.165, 1.54) is 22.3 Å². The van der Waals surface area contributed by atoms with Gasteiger partial charge in [-0.1, -0.05) is 62.4 Å². The van der Waals surface area contributed by atoms with Crippen molar-refractivity contribution < 1.29 is 0 Å². The summed E-state index contributed by atoms with van der Waals surface area (Å²) in [5, 5.41) is 3.47. The normalized spacial score (nSPS) is 12.6. The van der Waals surface area contributed by atoms with E-state index in [1.807, 2.05) is 0 Å². The number of likely N-dealkylation sites (N-methyl/N-ethyl adjacent to an activating group) is 1. The minimum Gasteiger partial charge on any atom is -0.313 e. The Morgan fingerprint density at radius 1 is 0.952 bits per heavy atom. The van der Waals surface area contributed by atoms with Crippen molar-refractivity contribution in [3.05, 3.63) is 70.8 Å². The summed E-state index contributed by atoms with van der Waals surface area (Å²) >= 11 is 0. The molecular weight excluding hydrogens is 254 g/mol. The third kappa shape index (κ3) is 4.44. The molecule has 0 aliphatic rings. The van der Waals surface area contributed by atoms with Crippen molar-refractivity contribution in [3.8, 4) is 0 Å². The zero-order valence-corrected chi connectivity index (χ0v) is 13.7. The predicted molar refractivity (Wildman–Crippen MR) is 91.7 cm³/mol. The van der Waals surface area contributed by atoms with Crippen LogP contribution in [-0.4, -0.2) is 7.05 Å². The van der Waals surface area contributed by atoms with Gasteiger partial charge in [0.15, 0.2) is 0 Å². The maximum atomic E-state index is 3.47. The van der Waals surface area contributed by atoms with E-state index in [9.17, 15) is 0 Å². The molecule has 1 N–H and O–H groups in total. The highest BCUT2D eigenvalue weighted by Crippen LogP contribution is 2.22. The van der Waals surface area contributed by atoms with Gasteiger partial charge < -0.3 is 5.32 Å². The van der Waals surface area contributed by atoms with Crippen LogP contribution >= 0.6 is 0 Å². The van der Waals surface area contributed by atoms with Crippen LogP contribution in [0, 0.1) is 12.8 Å². The molecule has 0 saturated heterocycles. The van der Waals surface area contributed by atoms with E-state index in [2.05, 4.69) is 81.7 Å². The van der Waals surface area contributed by atoms with Crippen LogP contribution in [0.4, 0.5) is 0 Å². The number of hydrogen-bond acceptors (Lipinski definition) is 1. The highest BCUT2D eigenvalue weighted by atomic mass is 14.9. The SMILES string of the molecule is CNC(Cc1ccccc1C)c1cccc(CC(C)C)c1. The molecule has 0 amide bonds. The van der Waals surface area contributed by atoms with Crippen molar-refractivity contribution in [1.29, 1.82) is 0 Å². The quantitative estimate of drug-likeness (QED) is 0.809. The average Bonchev–Trinajstić information content (AvgIpc) is 2.46. The van der Waals surface area contributed by atoms with Crippen molar-refractivity contribution in [2.75, 3.05) is 7.05 Å². The molecule has 2 aromatic carbocycles. The number of nitrogens with one attached hydrogen (secondary N) is 1. The maximum Gasteiger partial charge on any atom is 0.0358 e. The largest absolute Gasteiger partial charge is 0.313 e. The fraction of sp³-hybridized carbons (Fsp3) is 0.400. The van der Waals surface area contributed by atoms with E-state index >= 15 is 0 Å². The Kier molecular flexibility index (Phi) is 5.58. The Hall–Kier alpha value is -1.60. The molecule has 2 rings (SSSR count). The van der Waals surface area contributed by atoms with Crippen LogP contribution < -0.4 is 5.32 Å². The first-order valence-corrected chi connectivity index (χ1v) is 7.90. The van der Waals surface area contributed by atoms with E-state index in [0.29, 0.717) is 12.0 Å². The molecule has 0 saturated carbocycles. The van der Waals surface area contributed by atoms with Crippen LogP contribution in [0.5, 0.6) is 0 Å². The topological polar surface area (TPSA) is 12.0 Å². The minimum absolute atomic E-state index is 0.373. The second kappa shape index (κ2) is 7.42. The highest BCUT2D eigenvalue weighted by Gasteiger charge is 2.12. The van der Waals surface area contributed by atoms with Gasteiger partial charge in [0.1, 0.15) is 0 Å². The molecule has 1 unspecified atom stereocenters. The molecule has 0 fully saturated rings. The molecule has 1 heteroatoms. The summed E-state index contributed by atoms with van der Waals surface area (Å²) in [6.07, 6.45) is 2.18. The van der Waals surface area contributed by atoms with Gasteiger partial charge in [-0.2, -0.15) is 0 Å². The fourth-order valence-electron chi connectivity index (χ4n) is 2.85. The third-order valence-electron chi connectivity index (χ3n) is 4.03. The second-order valence-corrected chi connectivity index (χ2v) is 6.31. The highest BCUT2D eigenvalue weighted by molar-refractivity contribution is 5.31. The first-order valence-electron chi connectivity index (χ1n) is 7.90. The number of aryl methyl sites for hydroxylation is 1. The maximum absolute atomic E-state index is 3.47. The Morgan fingerprint density at radius 2 is 1.71 bits per heavy atom. The summed E-state index contributed by atoms with van der Waals surface area (Å²) in [4.78, 5) is 0. The lowest BCUT2D eigenvalue weighted by Crippen LogP contribution is -2.19. The van der Waals surface area contributed by atoms with Crippen molar-refractivity contribution in [1.82, 2.24) is 5.32 Å². The van der Waals surface area contributed by atoms with Gasteiger partial charge in [-0.3, -0.25) is 0 Å². The zero-order chi connectivity index (χ0) is 15.2. The average molecular weight is 281 g/mol. The van der Waals surface area contributed by atoms with Crippen molar-refractivity contribution in [2.24, 2.45) is 5.92 Å². The molecule has 0 heterocycles. The van der Waals surface area contributed by atoms with Crippen LogP contribution in [0.25, 0.3) is 0 Å². The van der Waals surface area contributed by atoms with Crippen LogP contribution in [0.15, 0.2) is 48.5 Å². The van der Waals surface area contributed by atoms with E-state index < -0.39 is 0 Å². The van der Waals surface area contributed by atoms with Crippen LogP contribution in [-0.2, 0) is 12.8 Å². The number of rotatable bonds is 6. The lowest BCUT2D eigenvalue weighted by molar-refractivity contribution is 0.587. The Morgan fingerprint density at radius 3 is 2.38 bits per heavy atom. The first-order chi connectivity index (χ1) is 10.1. The summed E-state index contributed by atoms with van der Waals surface area (Å²) in [5.41, 5.74) is 5.62. The molecule has 0 radical (unpaired) electrons. The van der Waals surface area contributed by atoms with E-state index in [4.69, 9.17) is 0 Å². The van der Waals surface area contributed by atoms with Gasteiger partial charge in [-0.25, -0.2) is 0 Å². The molecule has 21 heavy (non-hydrogen) atoms. The smallest absolute Gasteiger partial charge is 0.0358 e. The van der Waals surface area contributed by atoms with E-state index in [0.717, 1.165) is 12.8 Å². The molecule has 1 atom stereocenters. The molecule has 2 aromatic rings. The summed E-state index contributed by atoms with van der Waals surface area (Å²) < 4.78 is 0. The summed E-state index contributed by atoms with van der Waals surface area (Å²) in [7, 11) is 2.05. The van der Waals surface area contributed by atoms with Gasteiger partial charge in [-0.05, 0) is 55.0 Å². The van der Waals surface area contributed by atoms with Crippen molar-refractivity contribution in [3.63, 3.8) is 0 Å². The summed E-state index contributed by atoms with van der Waals surface area (Å²) in [5.74, 6) is 0.699. The summed E-state index contributed by atoms with van der Waals surface area (Å²) in [6, 6.07) is 18.1. The lowest BCUT2D eigenvalue weighted by Gasteiger charge is -2.19. The Balaban J connectivity index is 2.19. The fourth-order valence-corrected chi connectivity index (χ4v) is 2.85. The minimum atomic E-state index is 0.373. The summed E-state index contributed by atoms with van der Waals surface area (Å²) in [6.45, 7) is 6.74. The number of hydrogen-bond donors (Lipinski definition) is 1. The van der Waals surface area contributed by atoms with E-state index in [1.54, 1.807) is 0 Å². The monoisotopic (exact) mass is 281 g/mol. The first kappa shape index (κ1) is 15.8. The van der Waals surface area contributed by atoms with Crippen LogP contribution in [0.1, 0.15) is 42.1 Å². The standard InChI is InChI=1S/C20H27N/c1-15(2)12-17-9-7-11-19(13-17)20(21-4)14-18-10-6-5-8-16(18)3/h5-11,13,15,20-21H,12,14H2,1-4H3. The predicted octanol–water partition coefficient (Wildman–Crippen LogP) is 4.70. The van der Waals surface area contributed by atoms with Gasteiger partial charge in [0.25, 0.3) is 0 Å². The number of benzene rings is 2. The van der Waals surface area contributed by atoms with E-state index in [-0.39, 0.29) is 0 Å². The third-order valence-corrected chi connectivity index (χ3v) is 4.03. The van der Waals surface area contributed by atoms with Gasteiger partial charge in [0.05, 0.1) is 0 Å². The zero-order valence-electron chi connectivity index (χ0n) is 13.7. The molecule has 0 spiro atoms. The lowest BCUT2D eigenvalue weighted by atomic mass is 9.93. The van der Waals surface area contributed by atoms with Gasteiger partial charge in [0, 0.05) is 6.04 Å². The van der Waals surface area contributed by atoms with Crippen LogP contribution in [0.2, 0.25) is 0 Å². The Labute approximate surface area is 129 Å². The van der Waals surface area contributed by atoms with Crippen molar-refractivity contribution in [2.45, 2.75) is 39.7 Å². The molecular formula is C20H27N. The second-order valence-electron chi connectivity index (χ2n) is 6.31. The Bertz CT molecular complexity index is 572. The van der Waals surface area contributed by atoms with Crippen molar-refractivity contribution >= 4 is 0 Å². The van der Waals surface area contributed by atoms with Gasteiger partial charge >= 0.3 is 0 Å². The van der Waals surface area contributed by atoms with Gasteiger partial charge in [-0.15, -0.1) is 0 Å². The van der Waals surface area contributed by atoms with Gasteiger partial charge in [0.2, 0.25) is 0 Å². The van der Waals surface area contributed by atoms with Crippen LogP contribution in [0.3, 0.4) is 0 Å². The molecule has 1 nitrogen and oxygen atoms in total. The molecule has 112 valence electrons.